The number of ether oxygens (including phenoxy) is 1. The SMILES string of the molecule is CCC(C)COc1ccc([C@H](C)O)cc1F. The van der Waals surface area contributed by atoms with Gasteiger partial charge in [0, 0.05) is 0 Å². The van der Waals surface area contributed by atoms with Gasteiger partial charge in [-0.25, -0.2) is 4.39 Å². The number of rotatable bonds is 5. The average molecular weight is 226 g/mol. The topological polar surface area (TPSA) is 29.5 Å². The standard InChI is InChI=1S/C13H19FO2/c1-4-9(2)8-16-13-6-5-11(10(3)15)7-12(13)14/h5-7,9-10,15H,4,8H2,1-3H3/t9?,10-/m0/s1. The molecule has 2 atom stereocenters. The summed E-state index contributed by atoms with van der Waals surface area (Å²) in [5.41, 5.74) is 0.563. The molecule has 0 heterocycles. The van der Waals surface area contributed by atoms with Crippen LogP contribution in [0.25, 0.3) is 0 Å². The van der Waals surface area contributed by atoms with Gasteiger partial charge in [0.25, 0.3) is 0 Å². The van der Waals surface area contributed by atoms with E-state index in [2.05, 4.69) is 13.8 Å². The summed E-state index contributed by atoms with van der Waals surface area (Å²) < 4.78 is 18.9. The lowest BCUT2D eigenvalue weighted by atomic mass is 10.1. The van der Waals surface area contributed by atoms with E-state index in [0.717, 1.165) is 6.42 Å². The van der Waals surface area contributed by atoms with Crippen LogP contribution < -0.4 is 4.74 Å². The maximum atomic E-state index is 13.5. The third kappa shape index (κ3) is 3.49. The predicted octanol–water partition coefficient (Wildman–Crippen LogP) is 3.30. The van der Waals surface area contributed by atoms with E-state index in [9.17, 15) is 9.50 Å². The summed E-state index contributed by atoms with van der Waals surface area (Å²) in [7, 11) is 0. The van der Waals surface area contributed by atoms with E-state index in [4.69, 9.17) is 4.74 Å². The molecule has 0 amide bonds. The van der Waals surface area contributed by atoms with Crippen molar-refractivity contribution in [2.24, 2.45) is 5.92 Å². The molecule has 1 N–H and O–H groups in total. The van der Waals surface area contributed by atoms with Crippen LogP contribution in [0.2, 0.25) is 0 Å². The first-order valence-corrected chi connectivity index (χ1v) is 5.64. The van der Waals surface area contributed by atoms with Gasteiger partial charge in [-0.05, 0) is 30.5 Å². The fraction of sp³-hybridized carbons (Fsp3) is 0.538. The molecule has 1 aromatic carbocycles. The normalized spacial score (nSPS) is 14.6. The van der Waals surface area contributed by atoms with E-state index in [0.29, 0.717) is 18.1 Å². The Morgan fingerprint density at radius 2 is 2.06 bits per heavy atom. The van der Waals surface area contributed by atoms with Crippen molar-refractivity contribution in [1.29, 1.82) is 0 Å². The third-order valence-electron chi connectivity index (χ3n) is 2.66. The third-order valence-corrected chi connectivity index (χ3v) is 2.66. The van der Waals surface area contributed by atoms with Gasteiger partial charge < -0.3 is 9.84 Å². The maximum Gasteiger partial charge on any atom is 0.165 e. The molecule has 2 nitrogen and oxygen atoms in total. The lowest BCUT2D eigenvalue weighted by Gasteiger charge is -2.12. The Morgan fingerprint density at radius 1 is 1.38 bits per heavy atom. The molecule has 0 bridgehead atoms. The number of halogens is 1. The van der Waals surface area contributed by atoms with Crippen molar-refractivity contribution in [3.8, 4) is 5.75 Å². The molecule has 1 aromatic rings. The van der Waals surface area contributed by atoms with E-state index in [1.54, 1.807) is 19.1 Å². The van der Waals surface area contributed by atoms with Crippen LogP contribution in [-0.4, -0.2) is 11.7 Å². The molecule has 0 saturated heterocycles. The van der Waals surface area contributed by atoms with E-state index in [1.165, 1.54) is 6.07 Å². The van der Waals surface area contributed by atoms with Crippen molar-refractivity contribution in [3.05, 3.63) is 29.6 Å². The zero-order chi connectivity index (χ0) is 12.1. The van der Waals surface area contributed by atoms with Crippen molar-refractivity contribution >= 4 is 0 Å². The van der Waals surface area contributed by atoms with Crippen molar-refractivity contribution in [2.45, 2.75) is 33.3 Å². The molecular weight excluding hydrogens is 207 g/mol. The lowest BCUT2D eigenvalue weighted by Crippen LogP contribution is -2.08. The summed E-state index contributed by atoms with van der Waals surface area (Å²) in [6.45, 7) is 6.25. The van der Waals surface area contributed by atoms with E-state index in [1.807, 2.05) is 0 Å². The van der Waals surface area contributed by atoms with Gasteiger partial charge in [0.1, 0.15) is 0 Å². The zero-order valence-corrected chi connectivity index (χ0v) is 10.0. The zero-order valence-electron chi connectivity index (χ0n) is 10.0. The largest absolute Gasteiger partial charge is 0.490 e. The molecule has 0 spiro atoms. The first kappa shape index (κ1) is 13.0. The van der Waals surface area contributed by atoms with Crippen molar-refractivity contribution in [1.82, 2.24) is 0 Å². The smallest absolute Gasteiger partial charge is 0.165 e. The fourth-order valence-electron chi connectivity index (χ4n) is 1.24. The van der Waals surface area contributed by atoms with Gasteiger partial charge in [0.2, 0.25) is 0 Å². The van der Waals surface area contributed by atoms with Crippen molar-refractivity contribution in [2.75, 3.05) is 6.61 Å². The Kier molecular flexibility index (Phi) is 4.74. The molecule has 0 saturated carbocycles. The monoisotopic (exact) mass is 226 g/mol. The molecule has 90 valence electrons. The summed E-state index contributed by atoms with van der Waals surface area (Å²) in [6, 6.07) is 4.57. The summed E-state index contributed by atoms with van der Waals surface area (Å²) in [6.07, 6.45) is 0.353. The van der Waals surface area contributed by atoms with Crippen molar-refractivity contribution in [3.63, 3.8) is 0 Å². The lowest BCUT2D eigenvalue weighted by molar-refractivity contribution is 0.198. The minimum absolute atomic E-state index is 0.254. The molecule has 16 heavy (non-hydrogen) atoms. The van der Waals surface area contributed by atoms with Crippen LogP contribution in [0.1, 0.15) is 38.9 Å². The Hall–Kier alpha value is -1.09. The van der Waals surface area contributed by atoms with E-state index < -0.39 is 11.9 Å². The van der Waals surface area contributed by atoms with Gasteiger partial charge in [-0.2, -0.15) is 0 Å². The molecule has 0 fully saturated rings. The van der Waals surface area contributed by atoms with Gasteiger partial charge >= 0.3 is 0 Å². The maximum absolute atomic E-state index is 13.5. The quantitative estimate of drug-likeness (QED) is 0.834. The highest BCUT2D eigenvalue weighted by atomic mass is 19.1. The minimum atomic E-state index is -0.655. The van der Waals surface area contributed by atoms with Crippen LogP contribution in [0.5, 0.6) is 5.75 Å². The van der Waals surface area contributed by atoms with Crippen LogP contribution in [0.3, 0.4) is 0 Å². The second-order valence-electron chi connectivity index (χ2n) is 4.19. The fourth-order valence-corrected chi connectivity index (χ4v) is 1.24. The number of hydrogen-bond donors (Lipinski definition) is 1. The summed E-state index contributed by atoms with van der Waals surface area (Å²) in [4.78, 5) is 0. The number of aliphatic hydroxyl groups excluding tert-OH is 1. The number of hydrogen-bond acceptors (Lipinski definition) is 2. The second kappa shape index (κ2) is 5.85. The summed E-state index contributed by atoms with van der Waals surface area (Å²) >= 11 is 0. The molecule has 0 aliphatic carbocycles. The highest BCUT2D eigenvalue weighted by Gasteiger charge is 2.08. The van der Waals surface area contributed by atoms with E-state index >= 15 is 0 Å². The molecule has 0 aliphatic rings. The van der Waals surface area contributed by atoms with Gasteiger partial charge in [-0.3, -0.25) is 0 Å². The van der Waals surface area contributed by atoms with E-state index in [-0.39, 0.29) is 5.75 Å². The number of aliphatic hydroxyl groups is 1. The van der Waals surface area contributed by atoms with Crippen LogP contribution in [-0.2, 0) is 0 Å². The minimum Gasteiger partial charge on any atom is -0.490 e. The average Bonchev–Trinajstić information content (AvgIpc) is 2.26. The second-order valence-corrected chi connectivity index (χ2v) is 4.19. The van der Waals surface area contributed by atoms with Gasteiger partial charge in [-0.15, -0.1) is 0 Å². The van der Waals surface area contributed by atoms with Gasteiger partial charge in [-0.1, -0.05) is 26.3 Å². The first-order valence-electron chi connectivity index (χ1n) is 5.64. The Labute approximate surface area is 96.1 Å². The molecule has 3 heteroatoms. The van der Waals surface area contributed by atoms with Gasteiger partial charge in [0.15, 0.2) is 11.6 Å². The highest BCUT2D eigenvalue weighted by Crippen LogP contribution is 2.22. The molecule has 0 aromatic heterocycles. The van der Waals surface area contributed by atoms with Crippen LogP contribution in [0.4, 0.5) is 4.39 Å². The molecule has 1 rings (SSSR count). The Bertz CT molecular complexity index is 337. The number of benzene rings is 1. The molecule has 0 aliphatic heterocycles. The van der Waals surface area contributed by atoms with Gasteiger partial charge in [0.05, 0.1) is 12.7 Å². The Morgan fingerprint density at radius 3 is 2.56 bits per heavy atom. The van der Waals surface area contributed by atoms with Crippen LogP contribution >= 0.6 is 0 Å². The molecular formula is C13H19FO2. The van der Waals surface area contributed by atoms with Crippen LogP contribution in [0, 0.1) is 11.7 Å². The van der Waals surface area contributed by atoms with Crippen molar-refractivity contribution < 1.29 is 14.2 Å². The first-order chi connectivity index (χ1) is 7.54. The van der Waals surface area contributed by atoms with Crippen LogP contribution in [0.15, 0.2) is 18.2 Å². The molecule has 1 unspecified atom stereocenters. The highest BCUT2D eigenvalue weighted by molar-refractivity contribution is 5.30. The predicted molar refractivity (Wildman–Crippen MR) is 62.0 cm³/mol. The Balaban J connectivity index is 2.68. The summed E-state index contributed by atoms with van der Waals surface area (Å²) in [5, 5.41) is 9.29. The molecule has 0 radical (unpaired) electrons. The summed E-state index contributed by atoms with van der Waals surface area (Å²) in [5.74, 6) is 0.252.